The van der Waals surface area contributed by atoms with E-state index in [2.05, 4.69) is 5.32 Å². The zero-order valence-corrected chi connectivity index (χ0v) is 15.8. The molecule has 1 saturated heterocycles. The van der Waals surface area contributed by atoms with Gasteiger partial charge in [0.05, 0.1) is 6.04 Å². The number of para-hydroxylation sites is 1. The van der Waals surface area contributed by atoms with E-state index < -0.39 is 0 Å². The number of anilines is 1. The van der Waals surface area contributed by atoms with Crippen molar-refractivity contribution in [1.29, 1.82) is 0 Å². The van der Waals surface area contributed by atoms with Gasteiger partial charge in [-0.05, 0) is 31.0 Å². The number of nitrogens with zero attached hydrogens (tertiary/aromatic N) is 1. The summed E-state index contributed by atoms with van der Waals surface area (Å²) in [6, 6.07) is 16.2. The van der Waals surface area contributed by atoms with Crippen LogP contribution in [-0.2, 0) is 16.1 Å². The SMILES string of the molecule is NC(=O)[C@@H]1CCCN1Cc1ccccc1NC(=O)CCC(=O)c1ccccc1. The quantitative estimate of drug-likeness (QED) is 0.690. The lowest BCUT2D eigenvalue weighted by atomic mass is 10.1. The monoisotopic (exact) mass is 379 g/mol. The van der Waals surface area contributed by atoms with Crippen LogP contribution in [0.4, 0.5) is 5.69 Å². The van der Waals surface area contributed by atoms with E-state index in [1.165, 1.54) is 0 Å². The lowest BCUT2D eigenvalue weighted by molar-refractivity contribution is -0.122. The minimum atomic E-state index is -0.307. The molecule has 0 bridgehead atoms. The highest BCUT2D eigenvalue weighted by atomic mass is 16.2. The number of primary amides is 1. The summed E-state index contributed by atoms with van der Waals surface area (Å²) in [6.07, 6.45) is 1.98. The first-order valence-corrected chi connectivity index (χ1v) is 9.54. The Bertz CT molecular complexity index is 851. The summed E-state index contributed by atoms with van der Waals surface area (Å²) in [6.45, 7) is 1.36. The molecule has 0 saturated carbocycles. The summed E-state index contributed by atoms with van der Waals surface area (Å²) in [7, 11) is 0. The number of ketones is 1. The number of hydrogen-bond acceptors (Lipinski definition) is 4. The number of nitrogens with one attached hydrogen (secondary N) is 1. The maximum Gasteiger partial charge on any atom is 0.234 e. The van der Waals surface area contributed by atoms with Gasteiger partial charge < -0.3 is 11.1 Å². The lowest BCUT2D eigenvalue weighted by Crippen LogP contribution is -2.39. The minimum absolute atomic E-state index is 0.0506. The largest absolute Gasteiger partial charge is 0.368 e. The number of amides is 2. The molecule has 2 amide bonds. The van der Waals surface area contributed by atoms with Crippen molar-refractivity contribution in [3.05, 3.63) is 65.7 Å². The zero-order valence-electron chi connectivity index (χ0n) is 15.8. The average molecular weight is 379 g/mol. The van der Waals surface area contributed by atoms with Crippen molar-refractivity contribution < 1.29 is 14.4 Å². The van der Waals surface area contributed by atoms with Crippen molar-refractivity contribution >= 4 is 23.3 Å². The van der Waals surface area contributed by atoms with Crippen LogP contribution in [0.1, 0.15) is 41.6 Å². The van der Waals surface area contributed by atoms with Crippen molar-refractivity contribution in [2.75, 3.05) is 11.9 Å². The Morgan fingerprint density at radius 2 is 1.71 bits per heavy atom. The molecule has 1 aliphatic heterocycles. The molecular weight excluding hydrogens is 354 g/mol. The average Bonchev–Trinajstić information content (AvgIpc) is 3.17. The van der Waals surface area contributed by atoms with E-state index in [4.69, 9.17) is 5.73 Å². The molecule has 3 N–H and O–H groups in total. The number of carbonyl (C=O) groups is 3. The van der Waals surface area contributed by atoms with E-state index in [1.807, 2.05) is 35.2 Å². The molecule has 2 aromatic carbocycles. The summed E-state index contributed by atoms with van der Waals surface area (Å²) in [4.78, 5) is 38.2. The predicted molar refractivity (Wildman–Crippen MR) is 108 cm³/mol. The van der Waals surface area contributed by atoms with E-state index in [-0.39, 0.29) is 36.5 Å². The van der Waals surface area contributed by atoms with Crippen LogP contribution in [0.2, 0.25) is 0 Å². The first-order valence-electron chi connectivity index (χ1n) is 9.54. The van der Waals surface area contributed by atoms with Gasteiger partial charge in [0.15, 0.2) is 5.78 Å². The van der Waals surface area contributed by atoms with Crippen LogP contribution in [0.15, 0.2) is 54.6 Å². The Labute approximate surface area is 164 Å². The molecule has 0 radical (unpaired) electrons. The van der Waals surface area contributed by atoms with Crippen LogP contribution in [0.25, 0.3) is 0 Å². The second-order valence-electron chi connectivity index (χ2n) is 7.03. The Hall–Kier alpha value is -2.99. The third-order valence-electron chi connectivity index (χ3n) is 5.03. The van der Waals surface area contributed by atoms with Gasteiger partial charge in [0, 0.05) is 30.6 Å². The van der Waals surface area contributed by atoms with Gasteiger partial charge >= 0.3 is 0 Å². The fourth-order valence-electron chi connectivity index (χ4n) is 3.54. The van der Waals surface area contributed by atoms with Crippen LogP contribution in [0.5, 0.6) is 0 Å². The standard InChI is InChI=1S/C22H25N3O3/c23-22(28)19-11-6-14-25(19)15-17-9-4-5-10-18(17)24-21(27)13-12-20(26)16-7-2-1-3-8-16/h1-5,7-10,19H,6,11-15H2,(H2,23,28)(H,24,27)/t19-/m0/s1. The Kier molecular flexibility index (Phi) is 6.55. The molecule has 0 aromatic heterocycles. The van der Waals surface area contributed by atoms with E-state index >= 15 is 0 Å². The van der Waals surface area contributed by atoms with Crippen LogP contribution >= 0.6 is 0 Å². The van der Waals surface area contributed by atoms with Gasteiger partial charge in [0.2, 0.25) is 11.8 Å². The number of likely N-dealkylation sites (tertiary alicyclic amines) is 1. The number of rotatable bonds is 8. The molecule has 1 aliphatic rings. The van der Waals surface area contributed by atoms with Crippen LogP contribution in [0.3, 0.4) is 0 Å². The third-order valence-corrected chi connectivity index (χ3v) is 5.03. The van der Waals surface area contributed by atoms with E-state index in [9.17, 15) is 14.4 Å². The molecule has 0 spiro atoms. The summed E-state index contributed by atoms with van der Waals surface area (Å²) in [5.74, 6) is -0.562. The molecule has 1 atom stereocenters. The maximum absolute atomic E-state index is 12.4. The van der Waals surface area contributed by atoms with Gasteiger partial charge in [-0.2, -0.15) is 0 Å². The van der Waals surface area contributed by atoms with Gasteiger partial charge in [-0.15, -0.1) is 0 Å². The third kappa shape index (κ3) is 5.04. The number of carbonyl (C=O) groups excluding carboxylic acids is 3. The fourth-order valence-corrected chi connectivity index (χ4v) is 3.54. The molecule has 3 rings (SSSR count). The molecule has 2 aromatic rings. The molecule has 6 nitrogen and oxygen atoms in total. The number of nitrogens with two attached hydrogens (primary N) is 1. The van der Waals surface area contributed by atoms with Crippen LogP contribution in [-0.4, -0.2) is 35.1 Å². The highest BCUT2D eigenvalue weighted by Gasteiger charge is 2.29. The van der Waals surface area contributed by atoms with E-state index in [0.29, 0.717) is 17.8 Å². The molecule has 1 fully saturated rings. The second-order valence-corrected chi connectivity index (χ2v) is 7.03. The normalized spacial score (nSPS) is 16.6. The number of hydrogen-bond donors (Lipinski definition) is 2. The van der Waals surface area contributed by atoms with Gasteiger partial charge in [0.25, 0.3) is 0 Å². The number of Topliss-reactive ketones (excluding diaryl/α,β-unsaturated/α-hetero) is 1. The first-order chi connectivity index (χ1) is 13.5. The van der Waals surface area contributed by atoms with E-state index in [0.717, 1.165) is 24.9 Å². The van der Waals surface area contributed by atoms with Crippen molar-refractivity contribution in [3.8, 4) is 0 Å². The zero-order chi connectivity index (χ0) is 19.9. The smallest absolute Gasteiger partial charge is 0.234 e. The predicted octanol–water partition coefficient (Wildman–Crippen LogP) is 2.74. The Balaban J connectivity index is 1.59. The fraction of sp³-hybridized carbons (Fsp3) is 0.318. The lowest BCUT2D eigenvalue weighted by Gasteiger charge is -2.23. The first kappa shape index (κ1) is 19.8. The van der Waals surface area contributed by atoms with Gasteiger partial charge in [0.1, 0.15) is 0 Å². The van der Waals surface area contributed by atoms with Crippen LogP contribution < -0.4 is 11.1 Å². The van der Waals surface area contributed by atoms with Gasteiger partial charge in [-0.1, -0.05) is 48.5 Å². The highest BCUT2D eigenvalue weighted by Crippen LogP contribution is 2.24. The number of benzene rings is 2. The molecule has 0 aliphatic carbocycles. The highest BCUT2D eigenvalue weighted by molar-refractivity contribution is 6.00. The molecule has 6 heteroatoms. The maximum atomic E-state index is 12.4. The summed E-state index contributed by atoms with van der Waals surface area (Å²) < 4.78 is 0. The van der Waals surface area contributed by atoms with Crippen molar-refractivity contribution in [2.24, 2.45) is 5.73 Å². The summed E-state index contributed by atoms with van der Waals surface area (Å²) >= 11 is 0. The van der Waals surface area contributed by atoms with Crippen molar-refractivity contribution in [3.63, 3.8) is 0 Å². The summed E-state index contributed by atoms with van der Waals surface area (Å²) in [5, 5.41) is 2.90. The second kappa shape index (κ2) is 9.28. The van der Waals surface area contributed by atoms with Crippen molar-refractivity contribution in [1.82, 2.24) is 4.90 Å². The molecule has 146 valence electrons. The molecule has 0 unspecified atom stereocenters. The molecule has 1 heterocycles. The Morgan fingerprint density at radius 3 is 2.46 bits per heavy atom. The minimum Gasteiger partial charge on any atom is -0.368 e. The molecular formula is C22H25N3O3. The van der Waals surface area contributed by atoms with Gasteiger partial charge in [-0.3, -0.25) is 19.3 Å². The topological polar surface area (TPSA) is 92.5 Å². The van der Waals surface area contributed by atoms with Crippen LogP contribution in [0, 0.1) is 0 Å². The molecule has 28 heavy (non-hydrogen) atoms. The van der Waals surface area contributed by atoms with Gasteiger partial charge in [-0.25, -0.2) is 0 Å². The Morgan fingerprint density at radius 1 is 1.00 bits per heavy atom. The summed E-state index contributed by atoms with van der Waals surface area (Å²) in [5.41, 5.74) is 7.74. The van der Waals surface area contributed by atoms with Crippen molar-refractivity contribution in [2.45, 2.75) is 38.3 Å². The van der Waals surface area contributed by atoms with E-state index in [1.54, 1.807) is 24.3 Å².